The second-order valence-corrected chi connectivity index (χ2v) is 8.16. The van der Waals surface area contributed by atoms with E-state index in [9.17, 15) is 9.59 Å². The molecule has 6 heteroatoms. The summed E-state index contributed by atoms with van der Waals surface area (Å²) in [6, 6.07) is 14.4. The van der Waals surface area contributed by atoms with Crippen molar-refractivity contribution in [1.82, 2.24) is 0 Å². The Balaban J connectivity index is 1.28. The Hall–Kier alpha value is -3.02. The smallest absolute Gasteiger partial charge is 0.262 e. The Labute approximate surface area is 177 Å². The molecule has 0 spiro atoms. The largest absolute Gasteiger partial charge is 0.493 e. The molecule has 2 saturated carbocycles. The lowest BCUT2D eigenvalue weighted by molar-refractivity contribution is -0.118. The molecule has 0 atom stereocenters. The number of anilines is 2. The zero-order valence-electron chi connectivity index (χ0n) is 17.2. The van der Waals surface area contributed by atoms with E-state index in [1.165, 1.54) is 25.7 Å². The topological polar surface area (TPSA) is 76.7 Å². The van der Waals surface area contributed by atoms with Crippen molar-refractivity contribution in [2.75, 3.05) is 24.4 Å². The van der Waals surface area contributed by atoms with E-state index in [4.69, 9.17) is 9.47 Å². The fourth-order valence-electron chi connectivity index (χ4n) is 3.95. The van der Waals surface area contributed by atoms with Crippen LogP contribution in [0.15, 0.2) is 48.5 Å². The van der Waals surface area contributed by atoms with E-state index in [0.717, 1.165) is 11.8 Å². The van der Waals surface area contributed by atoms with Crippen molar-refractivity contribution >= 4 is 23.2 Å². The summed E-state index contributed by atoms with van der Waals surface area (Å²) in [7, 11) is 1.56. The van der Waals surface area contributed by atoms with Crippen LogP contribution in [0, 0.1) is 17.8 Å². The highest BCUT2D eigenvalue weighted by Gasteiger charge is 2.42. The SMILES string of the molecule is COc1ccccc1OCC(=O)Nc1cccc(NC(=O)CC(C2CC2)C2CC2)c1. The van der Waals surface area contributed by atoms with Crippen molar-refractivity contribution in [3.05, 3.63) is 48.5 Å². The zero-order chi connectivity index (χ0) is 20.9. The first-order valence-corrected chi connectivity index (χ1v) is 10.6. The quantitative estimate of drug-likeness (QED) is 0.608. The summed E-state index contributed by atoms with van der Waals surface area (Å²) in [5, 5.41) is 5.79. The molecule has 2 aromatic carbocycles. The average Bonchev–Trinajstić information content (AvgIpc) is 3.64. The molecule has 30 heavy (non-hydrogen) atoms. The van der Waals surface area contributed by atoms with Gasteiger partial charge in [0.15, 0.2) is 18.1 Å². The third-order valence-electron chi connectivity index (χ3n) is 5.73. The molecule has 2 aromatic rings. The van der Waals surface area contributed by atoms with Gasteiger partial charge < -0.3 is 20.1 Å². The Morgan fingerprint density at radius 1 is 0.900 bits per heavy atom. The zero-order valence-corrected chi connectivity index (χ0v) is 17.2. The van der Waals surface area contributed by atoms with Gasteiger partial charge in [0, 0.05) is 17.8 Å². The van der Waals surface area contributed by atoms with E-state index >= 15 is 0 Å². The van der Waals surface area contributed by atoms with Crippen molar-refractivity contribution in [2.45, 2.75) is 32.1 Å². The Kier molecular flexibility index (Phi) is 6.21. The predicted octanol–water partition coefficient (Wildman–Crippen LogP) is 4.48. The lowest BCUT2D eigenvalue weighted by Crippen LogP contribution is -2.21. The molecule has 0 saturated heterocycles. The van der Waals surface area contributed by atoms with Crippen molar-refractivity contribution in [3.8, 4) is 11.5 Å². The predicted molar refractivity (Wildman–Crippen MR) is 116 cm³/mol. The van der Waals surface area contributed by atoms with Gasteiger partial charge in [-0.2, -0.15) is 0 Å². The second kappa shape index (κ2) is 9.20. The van der Waals surface area contributed by atoms with Crippen LogP contribution in [0.2, 0.25) is 0 Å². The average molecular weight is 408 g/mol. The van der Waals surface area contributed by atoms with E-state index < -0.39 is 0 Å². The van der Waals surface area contributed by atoms with Crippen LogP contribution in [-0.2, 0) is 9.59 Å². The summed E-state index contributed by atoms with van der Waals surface area (Å²) < 4.78 is 10.8. The van der Waals surface area contributed by atoms with Gasteiger partial charge in [-0.15, -0.1) is 0 Å². The van der Waals surface area contributed by atoms with Gasteiger partial charge in [-0.25, -0.2) is 0 Å². The highest BCUT2D eigenvalue weighted by Crippen LogP contribution is 2.50. The second-order valence-electron chi connectivity index (χ2n) is 8.16. The number of benzene rings is 2. The molecule has 0 bridgehead atoms. The standard InChI is InChI=1S/C24H28N2O4/c1-29-21-7-2-3-8-22(21)30-15-24(28)26-19-6-4-5-18(13-19)25-23(27)14-20(16-9-10-16)17-11-12-17/h2-8,13,16-17,20H,9-12,14-15H2,1H3,(H,25,27)(H,26,28). The fourth-order valence-corrected chi connectivity index (χ4v) is 3.95. The summed E-state index contributed by atoms with van der Waals surface area (Å²) in [4.78, 5) is 24.8. The molecule has 0 radical (unpaired) electrons. The lowest BCUT2D eigenvalue weighted by atomic mass is 9.94. The van der Waals surface area contributed by atoms with Crippen LogP contribution in [-0.4, -0.2) is 25.5 Å². The van der Waals surface area contributed by atoms with Crippen LogP contribution in [0.5, 0.6) is 11.5 Å². The summed E-state index contributed by atoms with van der Waals surface area (Å²) in [6.07, 6.45) is 5.68. The van der Waals surface area contributed by atoms with E-state index in [1.54, 1.807) is 31.4 Å². The number of ether oxygens (including phenoxy) is 2. The highest BCUT2D eigenvalue weighted by molar-refractivity contribution is 5.94. The maximum absolute atomic E-state index is 12.5. The van der Waals surface area contributed by atoms with Gasteiger partial charge in [0.25, 0.3) is 5.91 Å². The number of carbonyl (C=O) groups excluding carboxylic acids is 2. The maximum Gasteiger partial charge on any atom is 0.262 e. The summed E-state index contributed by atoms with van der Waals surface area (Å²) in [6.45, 7) is -0.137. The van der Waals surface area contributed by atoms with Gasteiger partial charge in [0.1, 0.15) is 0 Å². The number of carbonyl (C=O) groups is 2. The van der Waals surface area contributed by atoms with Gasteiger partial charge in [0.2, 0.25) is 5.91 Å². The fraction of sp³-hybridized carbons (Fsp3) is 0.417. The first-order valence-electron chi connectivity index (χ1n) is 10.6. The van der Waals surface area contributed by atoms with Crippen LogP contribution in [0.4, 0.5) is 11.4 Å². The number of amides is 2. The van der Waals surface area contributed by atoms with Crippen LogP contribution in [0.3, 0.4) is 0 Å². The van der Waals surface area contributed by atoms with E-state index in [0.29, 0.717) is 35.2 Å². The number of hydrogen-bond donors (Lipinski definition) is 2. The van der Waals surface area contributed by atoms with Crippen LogP contribution < -0.4 is 20.1 Å². The molecule has 6 nitrogen and oxygen atoms in total. The van der Waals surface area contributed by atoms with Crippen LogP contribution in [0.1, 0.15) is 32.1 Å². The van der Waals surface area contributed by atoms with Gasteiger partial charge in [0.05, 0.1) is 7.11 Å². The molecule has 2 fully saturated rings. The van der Waals surface area contributed by atoms with Crippen molar-refractivity contribution in [3.63, 3.8) is 0 Å². The summed E-state index contributed by atoms with van der Waals surface area (Å²) >= 11 is 0. The van der Waals surface area contributed by atoms with Crippen LogP contribution in [0.25, 0.3) is 0 Å². The molecular formula is C24H28N2O4. The molecule has 4 rings (SSSR count). The third-order valence-corrected chi connectivity index (χ3v) is 5.73. The minimum Gasteiger partial charge on any atom is -0.493 e. The van der Waals surface area contributed by atoms with Gasteiger partial charge in [-0.1, -0.05) is 18.2 Å². The molecule has 2 amide bonds. The van der Waals surface area contributed by atoms with Gasteiger partial charge >= 0.3 is 0 Å². The number of nitrogens with one attached hydrogen (secondary N) is 2. The van der Waals surface area contributed by atoms with Gasteiger partial charge in [-0.3, -0.25) is 9.59 Å². The van der Waals surface area contributed by atoms with Crippen molar-refractivity contribution in [1.29, 1.82) is 0 Å². The Morgan fingerprint density at radius 2 is 1.50 bits per heavy atom. The molecule has 0 heterocycles. The number of hydrogen-bond acceptors (Lipinski definition) is 4. The first-order chi connectivity index (χ1) is 14.6. The molecule has 0 aliphatic heterocycles. The summed E-state index contributed by atoms with van der Waals surface area (Å²) in [5.41, 5.74) is 1.30. The minimum absolute atomic E-state index is 0.0572. The Bertz CT molecular complexity index is 894. The molecule has 158 valence electrons. The first kappa shape index (κ1) is 20.3. The highest BCUT2D eigenvalue weighted by atomic mass is 16.5. The molecule has 2 N–H and O–H groups in total. The minimum atomic E-state index is -0.285. The Morgan fingerprint density at radius 3 is 2.10 bits per heavy atom. The monoisotopic (exact) mass is 408 g/mol. The lowest BCUT2D eigenvalue weighted by Gasteiger charge is -2.15. The molecular weight excluding hydrogens is 380 g/mol. The number of methoxy groups -OCH3 is 1. The maximum atomic E-state index is 12.5. The number of para-hydroxylation sites is 2. The van der Waals surface area contributed by atoms with E-state index in [1.807, 2.05) is 24.3 Å². The third kappa shape index (κ3) is 5.53. The van der Waals surface area contributed by atoms with Crippen molar-refractivity contribution in [2.24, 2.45) is 17.8 Å². The van der Waals surface area contributed by atoms with E-state index in [2.05, 4.69) is 10.6 Å². The normalized spacial score (nSPS) is 15.5. The van der Waals surface area contributed by atoms with Crippen LogP contribution >= 0.6 is 0 Å². The van der Waals surface area contributed by atoms with Gasteiger partial charge in [-0.05, 0) is 73.8 Å². The molecule has 0 aromatic heterocycles. The molecule has 2 aliphatic rings. The molecule has 0 unspecified atom stereocenters. The van der Waals surface area contributed by atoms with Crippen molar-refractivity contribution < 1.29 is 19.1 Å². The molecule has 2 aliphatic carbocycles. The number of rotatable bonds is 10. The van der Waals surface area contributed by atoms with E-state index in [-0.39, 0.29) is 18.4 Å². The summed E-state index contributed by atoms with van der Waals surface area (Å²) in [5.74, 6) is 2.89.